The topological polar surface area (TPSA) is 66.4 Å². The molecule has 8 heteroatoms. The number of aliphatic hydroxyl groups excluding tert-OH is 1. The minimum absolute atomic E-state index is 0.0299. The number of rotatable bonds is 6. The van der Waals surface area contributed by atoms with Crippen LogP contribution in [0, 0.1) is 5.82 Å². The van der Waals surface area contributed by atoms with Gasteiger partial charge in [-0.2, -0.15) is 11.8 Å². The van der Waals surface area contributed by atoms with Crippen molar-refractivity contribution in [1.29, 1.82) is 0 Å². The lowest BCUT2D eigenvalue weighted by Gasteiger charge is -2.14. The summed E-state index contributed by atoms with van der Waals surface area (Å²) in [5.74, 6) is -0.857. The van der Waals surface area contributed by atoms with Crippen LogP contribution in [0.3, 0.4) is 0 Å². The Labute approximate surface area is 126 Å². The van der Waals surface area contributed by atoms with Crippen molar-refractivity contribution in [2.45, 2.75) is 29.1 Å². The maximum absolute atomic E-state index is 13.6. The summed E-state index contributed by atoms with van der Waals surface area (Å²) in [6, 6.07) is 2.05. The molecular formula is C12H15ClFNO3S2. The van der Waals surface area contributed by atoms with E-state index in [1.165, 1.54) is 6.07 Å². The van der Waals surface area contributed by atoms with Crippen LogP contribution in [0.25, 0.3) is 0 Å². The van der Waals surface area contributed by atoms with E-state index in [9.17, 15) is 12.8 Å². The van der Waals surface area contributed by atoms with E-state index in [4.69, 9.17) is 16.7 Å². The third kappa shape index (κ3) is 3.28. The molecule has 1 aromatic rings. The molecule has 2 rings (SSSR count). The van der Waals surface area contributed by atoms with Gasteiger partial charge in [-0.15, -0.1) is 0 Å². The summed E-state index contributed by atoms with van der Waals surface area (Å²) in [5, 5.41) is 8.82. The van der Waals surface area contributed by atoms with Crippen LogP contribution in [-0.4, -0.2) is 31.1 Å². The molecule has 2 N–H and O–H groups in total. The van der Waals surface area contributed by atoms with Crippen molar-refractivity contribution in [3.63, 3.8) is 0 Å². The fourth-order valence-electron chi connectivity index (χ4n) is 1.79. The van der Waals surface area contributed by atoms with Crippen LogP contribution in [0.15, 0.2) is 17.0 Å². The maximum Gasteiger partial charge on any atom is 0.240 e. The van der Waals surface area contributed by atoms with E-state index in [0.29, 0.717) is 6.54 Å². The number of benzene rings is 1. The third-order valence-corrected chi connectivity index (χ3v) is 6.61. The van der Waals surface area contributed by atoms with E-state index in [1.807, 2.05) is 6.26 Å². The summed E-state index contributed by atoms with van der Waals surface area (Å²) in [6.07, 6.45) is 3.87. The highest BCUT2D eigenvalue weighted by Gasteiger charge is 2.42. The molecule has 20 heavy (non-hydrogen) atoms. The first-order valence-corrected chi connectivity index (χ1v) is 9.06. The fraction of sp³-hybridized carbons (Fsp3) is 0.500. The lowest BCUT2D eigenvalue weighted by atomic mass is 10.2. The molecule has 1 aromatic carbocycles. The molecule has 1 aliphatic carbocycles. The van der Waals surface area contributed by atoms with Crippen molar-refractivity contribution in [3.8, 4) is 0 Å². The van der Waals surface area contributed by atoms with Gasteiger partial charge in [0.15, 0.2) is 0 Å². The Kier molecular flexibility index (Phi) is 4.66. The molecule has 1 fully saturated rings. The number of halogens is 2. The van der Waals surface area contributed by atoms with Crippen molar-refractivity contribution >= 4 is 33.4 Å². The van der Waals surface area contributed by atoms with Gasteiger partial charge < -0.3 is 5.11 Å². The zero-order valence-corrected chi connectivity index (χ0v) is 13.2. The SMILES string of the molecule is CSC1(CNS(=O)(=O)c2cc(F)c(Cl)c(CO)c2)CC1. The average molecular weight is 340 g/mol. The van der Waals surface area contributed by atoms with Gasteiger partial charge in [0.25, 0.3) is 0 Å². The van der Waals surface area contributed by atoms with Crippen molar-refractivity contribution in [1.82, 2.24) is 4.72 Å². The first-order chi connectivity index (χ1) is 9.33. The number of hydrogen-bond acceptors (Lipinski definition) is 4. The summed E-state index contributed by atoms with van der Waals surface area (Å²) in [6.45, 7) is -0.205. The van der Waals surface area contributed by atoms with Gasteiger partial charge >= 0.3 is 0 Å². The largest absolute Gasteiger partial charge is 0.392 e. The number of aliphatic hydroxyl groups is 1. The average Bonchev–Trinajstić information content (AvgIpc) is 3.20. The number of thioether (sulfide) groups is 1. The highest BCUT2D eigenvalue weighted by Crippen LogP contribution is 2.46. The zero-order chi connectivity index (χ0) is 15.0. The Morgan fingerprint density at radius 2 is 2.15 bits per heavy atom. The molecule has 0 amide bonds. The Hall–Kier alpha value is -0.340. The minimum atomic E-state index is -3.81. The Balaban J connectivity index is 2.23. The van der Waals surface area contributed by atoms with E-state index in [-0.39, 0.29) is 20.2 Å². The molecule has 0 aromatic heterocycles. The van der Waals surface area contributed by atoms with Crippen LogP contribution >= 0.6 is 23.4 Å². The number of hydrogen-bond donors (Lipinski definition) is 2. The predicted molar refractivity (Wildman–Crippen MR) is 78.0 cm³/mol. The molecule has 0 heterocycles. The third-order valence-electron chi connectivity index (χ3n) is 3.38. The van der Waals surface area contributed by atoms with Gasteiger partial charge in [0.1, 0.15) is 5.82 Å². The summed E-state index contributed by atoms with van der Waals surface area (Å²) < 4.78 is 40.3. The van der Waals surface area contributed by atoms with E-state index in [1.54, 1.807) is 11.8 Å². The summed E-state index contributed by atoms with van der Waals surface area (Å²) >= 11 is 7.27. The molecule has 0 aliphatic heterocycles. The molecule has 0 atom stereocenters. The van der Waals surface area contributed by atoms with Gasteiger partial charge in [-0.3, -0.25) is 0 Å². The smallest absolute Gasteiger partial charge is 0.240 e. The van der Waals surface area contributed by atoms with Gasteiger partial charge in [-0.1, -0.05) is 11.6 Å². The fourth-order valence-corrected chi connectivity index (χ4v) is 3.97. The Bertz CT molecular complexity index is 617. The highest BCUT2D eigenvalue weighted by atomic mass is 35.5. The molecule has 0 spiro atoms. The molecule has 1 aliphatic rings. The molecule has 1 saturated carbocycles. The second-order valence-corrected chi connectivity index (χ2v) is 8.17. The molecule has 0 saturated heterocycles. The van der Waals surface area contributed by atoms with Crippen molar-refractivity contribution in [2.75, 3.05) is 12.8 Å². The first-order valence-electron chi connectivity index (χ1n) is 5.97. The first kappa shape index (κ1) is 16.0. The van der Waals surface area contributed by atoms with Crippen LogP contribution in [0.5, 0.6) is 0 Å². The lowest BCUT2D eigenvalue weighted by molar-refractivity contribution is 0.281. The van der Waals surface area contributed by atoms with Gasteiger partial charge in [0.2, 0.25) is 10.0 Å². The van der Waals surface area contributed by atoms with Crippen LogP contribution in [-0.2, 0) is 16.6 Å². The van der Waals surface area contributed by atoms with Gasteiger partial charge in [-0.25, -0.2) is 17.5 Å². The van der Waals surface area contributed by atoms with Gasteiger partial charge in [-0.05, 0) is 31.2 Å². The molecule has 0 unspecified atom stereocenters. The normalized spacial score (nSPS) is 17.2. The molecule has 4 nitrogen and oxygen atoms in total. The Morgan fingerprint density at radius 1 is 1.50 bits per heavy atom. The molecule has 0 radical (unpaired) electrons. The zero-order valence-electron chi connectivity index (χ0n) is 10.8. The van der Waals surface area contributed by atoms with E-state index >= 15 is 0 Å². The van der Waals surface area contributed by atoms with Crippen molar-refractivity contribution in [2.24, 2.45) is 0 Å². The van der Waals surface area contributed by atoms with E-state index < -0.39 is 22.4 Å². The summed E-state index contributed by atoms with van der Waals surface area (Å²) in [5.41, 5.74) is 0.0537. The number of sulfonamides is 1. The maximum atomic E-state index is 13.6. The molecule has 112 valence electrons. The van der Waals surface area contributed by atoms with Crippen LogP contribution in [0.2, 0.25) is 5.02 Å². The monoisotopic (exact) mass is 339 g/mol. The quantitative estimate of drug-likeness (QED) is 0.833. The van der Waals surface area contributed by atoms with Crippen LogP contribution in [0.1, 0.15) is 18.4 Å². The molecular weight excluding hydrogens is 325 g/mol. The number of nitrogens with one attached hydrogen (secondary N) is 1. The second-order valence-electron chi connectivity index (χ2n) is 4.75. The van der Waals surface area contributed by atoms with E-state index in [0.717, 1.165) is 18.9 Å². The van der Waals surface area contributed by atoms with Gasteiger partial charge in [0.05, 0.1) is 16.5 Å². The van der Waals surface area contributed by atoms with Crippen molar-refractivity contribution < 1.29 is 17.9 Å². The second kappa shape index (κ2) is 5.81. The van der Waals surface area contributed by atoms with Crippen LogP contribution < -0.4 is 4.72 Å². The predicted octanol–water partition coefficient (Wildman–Crippen LogP) is 2.15. The van der Waals surface area contributed by atoms with Gasteiger partial charge in [0, 0.05) is 16.9 Å². The lowest BCUT2D eigenvalue weighted by Crippen LogP contribution is -2.31. The minimum Gasteiger partial charge on any atom is -0.392 e. The molecule has 0 bridgehead atoms. The van der Waals surface area contributed by atoms with Crippen LogP contribution in [0.4, 0.5) is 4.39 Å². The van der Waals surface area contributed by atoms with Crippen molar-refractivity contribution in [3.05, 3.63) is 28.5 Å². The Morgan fingerprint density at radius 3 is 2.65 bits per heavy atom. The summed E-state index contributed by atoms with van der Waals surface area (Å²) in [4.78, 5) is -0.222. The van der Waals surface area contributed by atoms with E-state index in [2.05, 4.69) is 4.72 Å². The standard InChI is InChI=1S/C12H15ClFNO3S2/c1-19-12(2-3-12)7-15-20(17,18)9-4-8(6-16)11(13)10(14)5-9/h4-5,15-16H,2-3,6-7H2,1H3. The highest BCUT2D eigenvalue weighted by molar-refractivity contribution is 8.00. The summed E-state index contributed by atoms with van der Waals surface area (Å²) in [7, 11) is -3.81.